The Morgan fingerprint density at radius 3 is 2.87 bits per heavy atom. The van der Waals surface area contributed by atoms with E-state index < -0.39 is 0 Å². The number of aliphatic hydroxyl groups is 1. The fraction of sp³-hybridized carbons (Fsp3) is 0.444. The number of rotatable bonds is 5. The molecule has 23 heavy (non-hydrogen) atoms. The highest BCUT2D eigenvalue weighted by Gasteiger charge is 2.21. The summed E-state index contributed by atoms with van der Waals surface area (Å²) in [5.74, 6) is 0.773. The predicted octanol–water partition coefficient (Wildman–Crippen LogP) is 2.33. The van der Waals surface area contributed by atoms with Crippen LogP contribution in [-0.4, -0.2) is 47.3 Å². The number of aliphatic hydroxyl groups excluding tert-OH is 1. The summed E-state index contributed by atoms with van der Waals surface area (Å²) in [6.07, 6.45) is 6.29. The van der Waals surface area contributed by atoms with E-state index in [1.54, 1.807) is 12.4 Å². The lowest BCUT2D eigenvalue weighted by atomic mass is 10.1. The van der Waals surface area contributed by atoms with Gasteiger partial charge in [-0.05, 0) is 25.3 Å². The third-order valence-corrected chi connectivity index (χ3v) is 4.33. The van der Waals surface area contributed by atoms with Gasteiger partial charge in [0.15, 0.2) is 0 Å². The number of ether oxygens (including phenoxy) is 1. The van der Waals surface area contributed by atoms with E-state index in [1.807, 2.05) is 18.2 Å². The van der Waals surface area contributed by atoms with Crippen LogP contribution in [-0.2, 0) is 0 Å². The van der Waals surface area contributed by atoms with Gasteiger partial charge in [-0.15, -0.1) is 0 Å². The van der Waals surface area contributed by atoms with E-state index in [9.17, 15) is 5.26 Å². The molecule has 1 aromatic heterocycles. The quantitative estimate of drug-likeness (QED) is 0.918. The summed E-state index contributed by atoms with van der Waals surface area (Å²) in [5, 5.41) is 20.0. The van der Waals surface area contributed by atoms with Crippen LogP contribution in [0.25, 0.3) is 10.8 Å². The molecule has 5 heteroatoms. The minimum atomic E-state index is 0.172. The molecule has 0 spiro atoms. The molecular weight excluding hydrogens is 290 g/mol. The minimum absolute atomic E-state index is 0.172. The Hall–Kier alpha value is -2.16. The second-order valence-electron chi connectivity index (χ2n) is 5.89. The Kier molecular flexibility index (Phi) is 5.06. The van der Waals surface area contributed by atoms with Crippen molar-refractivity contribution in [1.29, 1.82) is 5.26 Å². The SMILES string of the molecule is N#Cc1cncc2cccc(OC3CCN(CCCO)CC3)c12. The molecule has 120 valence electrons. The standard InChI is InChI=1S/C18H21N3O2/c19-11-15-13-20-12-14-3-1-4-17(18(14)15)23-16-5-8-21(9-6-16)7-2-10-22/h1,3-4,12-13,16,22H,2,5-10H2. The number of hydrogen-bond donors (Lipinski definition) is 1. The van der Waals surface area contributed by atoms with Crippen molar-refractivity contribution in [2.75, 3.05) is 26.2 Å². The average molecular weight is 311 g/mol. The molecule has 0 radical (unpaired) electrons. The molecule has 1 aliphatic heterocycles. The van der Waals surface area contributed by atoms with Crippen LogP contribution >= 0.6 is 0 Å². The van der Waals surface area contributed by atoms with Crippen molar-refractivity contribution in [2.45, 2.75) is 25.4 Å². The average Bonchev–Trinajstić information content (AvgIpc) is 2.61. The minimum Gasteiger partial charge on any atom is -0.490 e. The van der Waals surface area contributed by atoms with Crippen LogP contribution in [0.2, 0.25) is 0 Å². The van der Waals surface area contributed by atoms with E-state index in [-0.39, 0.29) is 12.7 Å². The van der Waals surface area contributed by atoms with Crippen LogP contribution in [0.5, 0.6) is 5.75 Å². The van der Waals surface area contributed by atoms with Gasteiger partial charge in [0, 0.05) is 49.4 Å². The van der Waals surface area contributed by atoms with Gasteiger partial charge >= 0.3 is 0 Å². The summed E-state index contributed by atoms with van der Waals surface area (Å²) >= 11 is 0. The third-order valence-electron chi connectivity index (χ3n) is 4.33. The molecule has 1 N–H and O–H groups in total. The van der Waals surface area contributed by atoms with Gasteiger partial charge in [0.05, 0.1) is 5.56 Å². The maximum Gasteiger partial charge on any atom is 0.128 e. The van der Waals surface area contributed by atoms with Crippen molar-refractivity contribution in [2.24, 2.45) is 0 Å². The molecule has 5 nitrogen and oxygen atoms in total. The summed E-state index contributed by atoms with van der Waals surface area (Å²) in [5.41, 5.74) is 0.554. The number of piperidine rings is 1. The molecule has 0 aliphatic carbocycles. The van der Waals surface area contributed by atoms with Crippen molar-refractivity contribution in [3.8, 4) is 11.8 Å². The first kappa shape index (κ1) is 15.7. The molecule has 0 amide bonds. The summed E-state index contributed by atoms with van der Waals surface area (Å²) < 4.78 is 6.21. The van der Waals surface area contributed by atoms with Crippen molar-refractivity contribution in [3.63, 3.8) is 0 Å². The number of hydrogen-bond acceptors (Lipinski definition) is 5. The van der Waals surface area contributed by atoms with E-state index in [0.717, 1.165) is 55.4 Å². The molecule has 2 heterocycles. The highest BCUT2D eigenvalue weighted by molar-refractivity contribution is 5.92. The normalized spacial score (nSPS) is 16.3. The van der Waals surface area contributed by atoms with Gasteiger partial charge in [0.2, 0.25) is 0 Å². The molecule has 0 bridgehead atoms. The Morgan fingerprint density at radius 2 is 2.13 bits per heavy atom. The zero-order valence-corrected chi connectivity index (χ0v) is 13.1. The molecule has 2 aromatic rings. The van der Waals surface area contributed by atoms with Crippen molar-refractivity contribution < 1.29 is 9.84 Å². The zero-order chi connectivity index (χ0) is 16.1. The summed E-state index contributed by atoms with van der Waals surface area (Å²) in [6.45, 7) is 3.17. The van der Waals surface area contributed by atoms with Crippen LogP contribution in [0.1, 0.15) is 24.8 Å². The molecule has 0 unspecified atom stereocenters. The fourth-order valence-corrected chi connectivity index (χ4v) is 3.11. The lowest BCUT2D eigenvalue weighted by Gasteiger charge is -2.32. The summed E-state index contributed by atoms with van der Waals surface area (Å²) in [4.78, 5) is 6.47. The predicted molar refractivity (Wildman–Crippen MR) is 88.3 cm³/mol. The molecule has 1 aromatic carbocycles. The maximum absolute atomic E-state index is 9.31. The zero-order valence-electron chi connectivity index (χ0n) is 13.1. The molecule has 0 saturated carbocycles. The van der Waals surface area contributed by atoms with Crippen LogP contribution in [0.4, 0.5) is 0 Å². The number of fused-ring (bicyclic) bond motifs is 1. The molecule has 1 saturated heterocycles. The number of nitrogens with zero attached hydrogens (tertiary/aromatic N) is 3. The number of benzene rings is 1. The van der Waals surface area contributed by atoms with Crippen LogP contribution in [0.3, 0.4) is 0 Å². The molecule has 1 aliphatic rings. The van der Waals surface area contributed by atoms with Gasteiger partial charge in [-0.1, -0.05) is 12.1 Å². The molecule has 1 fully saturated rings. The number of nitriles is 1. The van der Waals surface area contributed by atoms with Crippen molar-refractivity contribution >= 4 is 10.8 Å². The van der Waals surface area contributed by atoms with Gasteiger partial charge in [-0.2, -0.15) is 5.26 Å². The molecule has 3 rings (SSSR count). The second kappa shape index (κ2) is 7.40. The van der Waals surface area contributed by atoms with Gasteiger partial charge in [-0.3, -0.25) is 4.98 Å². The van der Waals surface area contributed by atoms with Crippen molar-refractivity contribution in [3.05, 3.63) is 36.2 Å². The molecular formula is C18H21N3O2. The van der Waals surface area contributed by atoms with Gasteiger partial charge < -0.3 is 14.7 Å². The Morgan fingerprint density at radius 1 is 1.30 bits per heavy atom. The highest BCUT2D eigenvalue weighted by Crippen LogP contribution is 2.30. The number of likely N-dealkylation sites (tertiary alicyclic amines) is 1. The van der Waals surface area contributed by atoms with Gasteiger partial charge in [-0.25, -0.2) is 0 Å². The summed E-state index contributed by atoms with van der Waals surface area (Å²) in [7, 11) is 0. The van der Waals surface area contributed by atoms with E-state index in [0.29, 0.717) is 5.56 Å². The lowest BCUT2D eigenvalue weighted by molar-refractivity contribution is 0.0975. The number of aromatic nitrogens is 1. The Labute approximate surface area is 136 Å². The Balaban J connectivity index is 1.72. The second-order valence-corrected chi connectivity index (χ2v) is 5.89. The topological polar surface area (TPSA) is 69.4 Å². The molecule has 0 atom stereocenters. The fourth-order valence-electron chi connectivity index (χ4n) is 3.11. The smallest absolute Gasteiger partial charge is 0.128 e. The van der Waals surface area contributed by atoms with E-state index in [4.69, 9.17) is 9.84 Å². The van der Waals surface area contributed by atoms with Gasteiger partial charge in [0.1, 0.15) is 17.9 Å². The van der Waals surface area contributed by atoms with Crippen LogP contribution in [0.15, 0.2) is 30.6 Å². The lowest BCUT2D eigenvalue weighted by Crippen LogP contribution is -2.38. The van der Waals surface area contributed by atoms with E-state index >= 15 is 0 Å². The van der Waals surface area contributed by atoms with Crippen molar-refractivity contribution in [1.82, 2.24) is 9.88 Å². The largest absolute Gasteiger partial charge is 0.490 e. The van der Waals surface area contributed by atoms with Gasteiger partial charge in [0.25, 0.3) is 0 Å². The van der Waals surface area contributed by atoms with E-state index in [1.165, 1.54) is 0 Å². The highest BCUT2D eigenvalue weighted by atomic mass is 16.5. The first-order valence-corrected chi connectivity index (χ1v) is 8.08. The monoisotopic (exact) mass is 311 g/mol. The first-order chi connectivity index (χ1) is 11.3. The number of pyridine rings is 1. The van der Waals surface area contributed by atoms with E-state index in [2.05, 4.69) is 16.0 Å². The maximum atomic E-state index is 9.31. The Bertz CT molecular complexity index is 698. The third kappa shape index (κ3) is 3.61. The summed E-state index contributed by atoms with van der Waals surface area (Å²) in [6, 6.07) is 8.03. The van der Waals surface area contributed by atoms with Crippen LogP contribution < -0.4 is 4.74 Å². The first-order valence-electron chi connectivity index (χ1n) is 8.08. The van der Waals surface area contributed by atoms with Crippen LogP contribution in [0, 0.1) is 11.3 Å².